The van der Waals surface area contributed by atoms with Crippen LogP contribution in [0.25, 0.3) is 0 Å². The molecule has 0 spiro atoms. The van der Waals surface area contributed by atoms with E-state index in [1.807, 2.05) is 27.7 Å². The highest BCUT2D eigenvalue weighted by Gasteiger charge is 2.19. The lowest BCUT2D eigenvalue weighted by molar-refractivity contribution is 0.691. The maximum atomic E-state index is 12.2. The number of rotatable bonds is 6. The molecule has 1 N–H and O–H groups in total. The average Bonchev–Trinajstić information content (AvgIpc) is 2.63. The summed E-state index contributed by atoms with van der Waals surface area (Å²) >= 11 is 0. The van der Waals surface area contributed by atoms with Crippen LogP contribution >= 0.6 is 0 Å². The molecule has 0 saturated carbocycles. The lowest BCUT2D eigenvalue weighted by atomic mass is 10.4. The van der Waals surface area contributed by atoms with Crippen molar-refractivity contribution in [3.8, 4) is 0 Å². The summed E-state index contributed by atoms with van der Waals surface area (Å²) in [6, 6.07) is 0. The Kier molecular flexibility index (Phi) is 22.1. The highest BCUT2D eigenvalue weighted by atomic mass is 32.2. The van der Waals surface area contributed by atoms with Crippen molar-refractivity contribution in [2.45, 2.75) is 41.5 Å². The summed E-state index contributed by atoms with van der Waals surface area (Å²) in [4.78, 5) is 0.776. The minimum atomic E-state index is -1.78. The summed E-state index contributed by atoms with van der Waals surface area (Å²) in [5, 5.41) is 7.86. The molecule has 0 fully saturated rings. The Balaban J connectivity index is -0.00000102. The predicted molar refractivity (Wildman–Crippen MR) is 113 cm³/mol. The third kappa shape index (κ3) is 11.0. The molecule has 0 bridgehead atoms. The molecular formula is C19H31NO2S2. The fraction of sp³-hybridized carbons (Fsp3) is 0.316. The SMILES string of the molecule is C=C/C=C(\C=C/C)S(=O)C(=N)S(=O)C(/C=C\C)=C/C=C.CC.CC. The van der Waals surface area contributed by atoms with E-state index in [0.29, 0.717) is 9.81 Å². The van der Waals surface area contributed by atoms with Gasteiger partial charge in [-0.2, -0.15) is 0 Å². The number of hydrogen-bond acceptors (Lipinski definition) is 3. The van der Waals surface area contributed by atoms with Crippen LogP contribution in [0.4, 0.5) is 0 Å². The Hall–Kier alpha value is -1.59. The Bertz CT molecular complexity index is 506. The molecule has 0 rings (SSSR count). The lowest BCUT2D eigenvalue weighted by Gasteiger charge is -2.05. The summed E-state index contributed by atoms with van der Waals surface area (Å²) in [6.07, 6.45) is 12.7. The third-order valence-corrected chi connectivity index (χ3v) is 4.97. The first-order valence-electron chi connectivity index (χ1n) is 7.86. The monoisotopic (exact) mass is 369 g/mol. The van der Waals surface area contributed by atoms with Gasteiger partial charge in [0.25, 0.3) is 0 Å². The van der Waals surface area contributed by atoms with Crippen LogP contribution in [0.5, 0.6) is 0 Å². The summed E-state index contributed by atoms with van der Waals surface area (Å²) in [5.74, 6) is 0. The zero-order valence-corrected chi connectivity index (χ0v) is 17.3. The smallest absolute Gasteiger partial charge is 0.193 e. The zero-order chi connectivity index (χ0) is 19.5. The Morgan fingerprint density at radius 2 is 1.08 bits per heavy atom. The van der Waals surface area contributed by atoms with Crippen LogP contribution in [0.2, 0.25) is 0 Å². The van der Waals surface area contributed by atoms with Crippen LogP contribution in [-0.2, 0) is 21.6 Å². The first-order valence-corrected chi connectivity index (χ1v) is 10.2. The molecule has 3 nitrogen and oxygen atoms in total. The molecule has 0 saturated heterocycles. The van der Waals surface area contributed by atoms with E-state index in [1.54, 1.807) is 38.2 Å². The largest absolute Gasteiger partial charge is 0.283 e. The van der Waals surface area contributed by atoms with Gasteiger partial charge in [-0.15, -0.1) is 0 Å². The zero-order valence-electron chi connectivity index (χ0n) is 15.7. The highest BCUT2D eigenvalue weighted by molar-refractivity contribution is 8.28. The summed E-state index contributed by atoms with van der Waals surface area (Å²) < 4.78 is 24.1. The fourth-order valence-electron chi connectivity index (χ4n) is 1.20. The Labute approximate surface area is 153 Å². The van der Waals surface area contributed by atoms with Gasteiger partial charge in [-0.3, -0.25) is 5.41 Å². The molecule has 0 radical (unpaired) electrons. The van der Waals surface area contributed by atoms with Gasteiger partial charge in [0.2, 0.25) is 0 Å². The highest BCUT2D eigenvalue weighted by Crippen LogP contribution is 2.14. The second-order valence-electron chi connectivity index (χ2n) is 3.43. The molecule has 0 aliphatic rings. The van der Waals surface area contributed by atoms with Crippen LogP contribution in [-0.4, -0.2) is 12.8 Å². The van der Waals surface area contributed by atoms with E-state index in [4.69, 9.17) is 5.41 Å². The van der Waals surface area contributed by atoms with Crippen LogP contribution in [0.15, 0.2) is 71.6 Å². The first-order chi connectivity index (χ1) is 11.5. The standard InChI is InChI=1S/C15H19NO2S2.2C2H6/c1-5-9-13(10-6-2)19(17)15(16)20(18)14(11-7-3)12-8-4;2*1-2/h5-12,16H,1,3H2,2,4H3;2*1-2H3/b10-6-,12-8-,13-9+,14-11+,16-15?;;. The molecule has 0 aliphatic heterocycles. The topological polar surface area (TPSA) is 58.0 Å². The average molecular weight is 370 g/mol. The maximum absolute atomic E-state index is 12.2. The van der Waals surface area contributed by atoms with Gasteiger partial charge in [-0.1, -0.05) is 65.2 Å². The van der Waals surface area contributed by atoms with E-state index in [-0.39, 0.29) is 4.38 Å². The number of allylic oxidation sites excluding steroid dienone is 8. The van der Waals surface area contributed by atoms with Gasteiger partial charge in [0.1, 0.15) is 21.6 Å². The maximum Gasteiger partial charge on any atom is 0.193 e. The molecule has 0 aliphatic carbocycles. The predicted octanol–water partition coefficient (Wildman–Crippen LogP) is 5.76. The molecule has 0 amide bonds. The molecule has 0 heterocycles. The normalized spacial score (nSPS) is 14.1. The van der Waals surface area contributed by atoms with Crippen LogP contribution in [0.1, 0.15) is 41.5 Å². The van der Waals surface area contributed by atoms with Crippen molar-refractivity contribution in [3.05, 3.63) is 71.6 Å². The van der Waals surface area contributed by atoms with E-state index < -0.39 is 21.6 Å². The molecule has 5 heteroatoms. The van der Waals surface area contributed by atoms with E-state index >= 15 is 0 Å². The molecule has 0 aromatic rings. The second kappa shape index (κ2) is 19.5. The molecule has 0 aromatic carbocycles. The summed E-state index contributed by atoms with van der Waals surface area (Å²) in [5.41, 5.74) is 0. The Morgan fingerprint density at radius 1 is 0.792 bits per heavy atom. The molecule has 0 aromatic heterocycles. The van der Waals surface area contributed by atoms with Crippen molar-refractivity contribution in [2.24, 2.45) is 0 Å². The van der Waals surface area contributed by atoms with Gasteiger partial charge < -0.3 is 0 Å². The number of nitrogens with one attached hydrogen (secondary N) is 1. The van der Waals surface area contributed by atoms with Crippen molar-refractivity contribution >= 4 is 26.0 Å². The lowest BCUT2D eigenvalue weighted by Crippen LogP contribution is -2.15. The van der Waals surface area contributed by atoms with Gasteiger partial charge in [0.15, 0.2) is 4.38 Å². The van der Waals surface area contributed by atoms with Gasteiger partial charge in [0, 0.05) is 9.81 Å². The minimum absolute atomic E-state index is 0.359. The van der Waals surface area contributed by atoms with Crippen molar-refractivity contribution in [1.29, 1.82) is 5.41 Å². The van der Waals surface area contributed by atoms with E-state index in [1.165, 1.54) is 24.3 Å². The van der Waals surface area contributed by atoms with Crippen LogP contribution in [0.3, 0.4) is 0 Å². The van der Waals surface area contributed by atoms with E-state index in [2.05, 4.69) is 13.2 Å². The van der Waals surface area contributed by atoms with E-state index in [9.17, 15) is 8.42 Å². The minimum Gasteiger partial charge on any atom is -0.283 e. The van der Waals surface area contributed by atoms with Crippen molar-refractivity contribution in [1.82, 2.24) is 0 Å². The van der Waals surface area contributed by atoms with E-state index in [0.717, 1.165) is 0 Å². The fourth-order valence-corrected chi connectivity index (χ4v) is 3.72. The van der Waals surface area contributed by atoms with Crippen molar-refractivity contribution in [3.63, 3.8) is 0 Å². The van der Waals surface area contributed by atoms with Crippen molar-refractivity contribution < 1.29 is 8.42 Å². The van der Waals surface area contributed by atoms with Gasteiger partial charge in [-0.25, -0.2) is 8.42 Å². The number of hydrogen-bond donors (Lipinski definition) is 1. The molecule has 2 unspecified atom stereocenters. The molecule has 2 atom stereocenters. The summed E-state index contributed by atoms with van der Waals surface area (Å²) in [7, 11) is -3.57. The summed E-state index contributed by atoms with van der Waals surface area (Å²) in [6.45, 7) is 18.6. The van der Waals surface area contributed by atoms with Crippen LogP contribution in [0, 0.1) is 5.41 Å². The molecular weight excluding hydrogens is 338 g/mol. The van der Waals surface area contributed by atoms with Gasteiger partial charge in [0.05, 0.1) is 0 Å². The molecule has 24 heavy (non-hydrogen) atoms. The quantitative estimate of drug-likeness (QED) is 0.367. The first kappa shape index (κ1) is 27.3. The Morgan fingerprint density at radius 3 is 1.29 bits per heavy atom. The van der Waals surface area contributed by atoms with Gasteiger partial charge >= 0.3 is 0 Å². The van der Waals surface area contributed by atoms with Crippen LogP contribution < -0.4 is 0 Å². The molecule has 136 valence electrons. The van der Waals surface area contributed by atoms with Crippen molar-refractivity contribution in [2.75, 3.05) is 0 Å². The second-order valence-corrected chi connectivity index (χ2v) is 6.53. The van der Waals surface area contributed by atoms with Gasteiger partial charge in [-0.05, 0) is 38.2 Å². The third-order valence-electron chi connectivity index (χ3n) is 1.99.